The molecule has 0 heterocycles. The van der Waals surface area contributed by atoms with Crippen LogP contribution in [0.3, 0.4) is 0 Å². The number of hydrogen-bond acceptors (Lipinski definition) is 4. The third kappa shape index (κ3) is 3.14. The smallest absolute Gasteiger partial charge is 0.119 e. The minimum Gasteiger partial charge on any atom is -0.490 e. The van der Waals surface area contributed by atoms with Crippen molar-refractivity contribution in [3.05, 3.63) is 29.8 Å². The van der Waals surface area contributed by atoms with E-state index in [0.717, 1.165) is 12.2 Å². The predicted molar refractivity (Wildman–Crippen MR) is 82.5 cm³/mol. The maximum atomic E-state index is 5.83. The van der Waals surface area contributed by atoms with Gasteiger partial charge in [-0.2, -0.15) is 0 Å². The Morgan fingerprint density at radius 1 is 1.35 bits per heavy atom. The molecule has 1 aromatic carbocycles. The van der Waals surface area contributed by atoms with Crippen LogP contribution in [0.2, 0.25) is 0 Å². The predicted octanol–water partition coefficient (Wildman–Crippen LogP) is 2.46. The number of nitrogens with zero attached hydrogens (tertiary/aromatic N) is 1. The fourth-order valence-corrected chi connectivity index (χ4v) is 2.53. The molecule has 4 heteroatoms. The molecule has 20 heavy (non-hydrogen) atoms. The highest BCUT2D eigenvalue weighted by Crippen LogP contribution is 2.33. The van der Waals surface area contributed by atoms with Gasteiger partial charge in [-0.3, -0.25) is 11.3 Å². The highest BCUT2D eigenvalue weighted by Gasteiger charge is 2.35. The molecule has 0 aliphatic heterocycles. The molecule has 3 N–H and O–H groups in total. The van der Waals surface area contributed by atoms with Crippen LogP contribution in [0.25, 0.3) is 0 Å². The molecule has 1 fully saturated rings. The average molecular weight is 277 g/mol. The van der Waals surface area contributed by atoms with Crippen molar-refractivity contribution >= 4 is 0 Å². The summed E-state index contributed by atoms with van der Waals surface area (Å²) in [7, 11) is 4.19. The van der Waals surface area contributed by atoms with E-state index in [4.69, 9.17) is 10.6 Å². The lowest BCUT2D eigenvalue weighted by atomic mass is 9.84. The summed E-state index contributed by atoms with van der Waals surface area (Å²) in [5.74, 6) is 6.78. The lowest BCUT2D eigenvalue weighted by Crippen LogP contribution is -2.52. The molecule has 0 radical (unpaired) electrons. The molecule has 2 unspecified atom stereocenters. The number of ether oxygens (including phenoxy) is 1. The van der Waals surface area contributed by atoms with Gasteiger partial charge in [0.2, 0.25) is 0 Å². The lowest BCUT2D eigenvalue weighted by Gasteiger charge is -2.42. The third-order valence-electron chi connectivity index (χ3n) is 4.57. The molecule has 0 saturated heterocycles. The van der Waals surface area contributed by atoms with E-state index < -0.39 is 0 Å². The van der Waals surface area contributed by atoms with Crippen molar-refractivity contribution in [2.75, 3.05) is 14.1 Å². The van der Waals surface area contributed by atoms with Crippen LogP contribution in [0, 0.1) is 0 Å². The van der Waals surface area contributed by atoms with Crippen LogP contribution in [0.5, 0.6) is 5.75 Å². The molecule has 1 aliphatic carbocycles. The second-order valence-corrected chi connectivity index (χ2v) is 6.09. The molecule has 4 nitrogen and oxygen atoms in total. The lowest BCUT2D eigenvalue weighted by molar-refractivity contribution is 0.113. The Kier molecular flexibility index (Phi) is 4.68. The van der Waals surface area contributed by atoms with Crippen molar-refractivity contribution in [3.8, 4) is 5.75 Å². The second-order valence-electron chi connectivity index (χ2n) is 6.09. The maximum absolute atomic E-state index is 5.83. The van der Waals surface area contributed by atoms with E-state index in [2.05, 4.69) is 50.4 Å². The molecule has 112 valence electrons. The van der Waals surface area contributed by atoms with Crippen LogP contribution in [0.1, 0.15) is 44.7 Å². The average Bonchev–Trinajstić information content (AvgIpc) is 3.25. The zero-order chi connectivity index (χ0) is 14.8. The molecule has 0 aromatic heterocycles. The number of hydrazine groups is 1. The van der Waals surface area contributed by atoms with Crippen LogP contribution in [0.15, 0.2) is 24.3 Å². The molecular weight excluding hydrogens is 250 g/mol. The highest BCUT2D eigenvalue weighted by atomic mass is 16.5. The van der Waals surface area contributed by atoms with Crippen molar-refractivity contribution in [3.63, 3.8) is 0 Å². The van der Waals surface area contributed by atoms with Crippen molar-refractivity contribution < 1.29 is 4.74 Å². The van der Waals surface area contributed by atoms with Gasteiger partial charge in [0.15, 0.2) is 0 Å². The second kappa shape index (κ2) is 6.12. The Balaban J connectivity index is 2.17. The molecule has 1 saturated carbocycles. The SMILES string of the molecule is CCC(C)(C(NN)c1ccc(OC2CC2)cc1)N(C)C. The van der Waals surface area contributed by atoms with Crippen molar-refractivity contribution in [2.24, 2.45) is 5.84 Å². The van der Waals surface area contributed by atoms with Crippen molar-refractivity contribution in [2.45, 2.75) is 50.8 Å². The normalized spacial score (nSPS) is 19.7. The van der Waals surface area contributed by atoms with E-state index in [9.17, 15) is 0 Å². The first-order valence-electron chi connectivity index (χ1n) is 7.41. The number of rotatable bonds is 7. The van der Waals surface area contributed by atoms with Gasteiger partial charge in [-0.1, -0.05) is 19.1 Å². The quantitative estimate of drug-likeness (QED) is 0.594. The third-order valence-corrected chi connectivity index (χ3v) is 4.57. The largest absolute Gasteiger partial charge is 0.490 e. The Hall–Kier alpha value is -1.10. The summed E-state index contributed by atoms with van der Waals surface area (Å²) in [5.41, 5.74) is 4.14. The van der Waals surface area contributed by atoms with Gasteiger partial charge in [-0.15, -0.1) is 0 Å². The van der Waals surface area contributed by atoms with E-state index in [0.29, 0.717) is 6.10 Å². The van der Waals surface area contributed by atoms with E-state index in [1.54, 1.807) is 0 Å². The molecule has 0 bridgehead atoms. The Bertz CT molecular complexity index is 428. The minimum absolute atomic E-state index is 0.0341. The first-order chi connectivity index (χ1) is 9.51. The Morgan fingerprint density at radius 2 is 1.95 bits per heavy atom. The summed E-state index contributed by atoms with van der Waals surface area (Å²) >= 11 is 0. The van der Waals surface area contributed by atoms with Gasteiger partial charge < -0.3 is 9.64 Å². The highest BCUT2D eigenvalue weighted by molar-refractivity contribution is 5.31. The monoisotopic (exact) mass is 277 g/mol. The summed E-state index contributed by atoms with van der Waals surface area (Å²) in [6, 6.07) is 8.39. The van der Waals surface area contributed by atoms with Crippen LogP contribution in [-0.2, 0) is 0 Å². The summed E-state index contributed by atoms with van der Waals surface area (Å²) in [6.07, 6.45) is 3.81. The Labute approximate surface area is 122 Å². The van der Waals surface area contributed by atoms with Gasteiger partial charge in [0.05, 0.1) is 12.1 Å². The summed E-state index contributed by atoms with van der Waals surface area (Å²) in [4.78, 5) is 2.23. The fourth-order valence-electron chi connectivity index (χ4n) is 2.53. The molecule has 0 amide bonds. The van der Waals surface area contributed by atoms with Gasteiger partial charge in [-0.25, -0.2) is 0 Å². The topological polar surface area (TPSA) is 50.5 Å². The van der Waals surface area contributed by atoms with Gasteiger partial charge in [0.25, 0.3) is 0 Å². The van der Waals surface area contributed by atoms with Crippen molar-refractivity contribution in [1.82, 2.24) is 10.3 Å². The van der Waals surface area contributed by atoms with Gasteiger partial charge in [0.1, 0.15) is 5.75 Å². The van der Waals surface area contributed by atoms with Crippen LogP contribution in [0.4, 0.5) is 0 Å². The molecule has 0 spiro atoms. The standard InChI is InChI=1S/C16H27N3O/c1-5-16(2,19(3)4)15(18-17)12-6-8-13(9-7-12)20-14-10-11-14/h6-9,14-15,18H,5,10-11,17H2,1-4H3. The summed E-state index contributed by atoms with van der Waals surface area (Å²) in [6.45, 7) is 4.42. The van der Waals surface area contributed by atoms with E-state index in [-0.39, 0.29) is 11.6 Å². The van der Waals surface area contributed by atoms with Gasteiger partial charge >= 0.3 is 0 Å². The summed E-state index contributed by atoms with van der Waals surface area (Å²) < 4.78 is 5.79. The first kappa shape index (κ1) is 15.3. The zero-order valence-electron chi connectivity index (χ0n) is 13.0. The van der Waals surface area contributed by atoms with Crippen LogP contribution in [-0.4, -0.2) is 30.6 Å². The van der Waals surface area contributed by atoms with Gasteiger partial charge in [-0.05, 0) is 58.0 Å². The van der Waals surface area contributed by atoms with Crippen molar-refractivity contribution in [1.29, 1.82) is 0 Å². The zero-order valence-corrected chi connectivity index (χ0v) is 13.0. The van der Waals surface area contributed by atoms with E-state index in [1.165, 1.54) is 18.4 Å². The van der Waals surface area contributed by atoms with E-state index >= 15 is 0 Å². The van der Waals surface area contributed by atoms with Gasteiger partial charge in [0, 0.05) is 5.54 Å². The Morgan fingerprint density at radius 3 is 2.35 bits per heavy atom. The molecule has 1 aromatic rings. The minimum atomic E-state index is -0.0341. The number of nitrogens with one attached hydrogen (secondary N) is 1. The number of nitrogens with two attached hydrogens (primary N) is 1. The fraction of sp³-hybridized carbons (Fsp3) is 0.625. The molecule has 2 atom stereocenters. The molecule has 2 rings (SSSR count). The summed E-state index contributed by atoms with van der Waals surface area (Å²) in [5, 5.41) is 0. The number of likely N-dealkylation sites (N-methyl/N-ethyl adjacent to an activating group) is 1. The van der Waals surface area contributed by atoms with Crippen LogP contribution < -0.4 is 16.0 Å². The van der Waals surface area contributed by atoms with Crippen LogP contribution >= 0.6 is 0 Å². The first-order valence-corrected chi connectivity index (χ1v) is 7.41. The number of hydrogen-bond donors (Lipinski definition) is 2. The van der Waals surface area contributed by atoms with E-state index in [1.807, 2.05) is 12.1 Å². The molecular formula is C16H27N3O. The molecule has 1 aliphatic rings. The maximum Gasteiger partial charge on any atom is 0.119 e. The number of benzene rings is 1.